The lowest BCUT2D eigenvalue weighted by molar-refractivity contribution is 0.449. The van der Waals surface area contributed by atoms with Crippen molar-refractivity contribution in [3.05, 3.63) is 179 Å². The van der Waals surface area contributed by atoms with E-state index in [1.165, 1.54) is 49.2 Å². The van der Waals surface area contributed by atoms with Crippen molar-refractivity contribution in [2.45, 2.75) is 39.2 Å². The molecule has 0 bridgehead atoms. The van der Waals surface area contributed by atoms with Crippen LogP contribution in [0.1, 0.15) is 47.7 Å². The molecule has 248 valence electrons. The third-order valence-corrected chi connectivity index (χ3v) is 10.9. The molecule has 8 aromatic carbocycles. The predicted molar refractivity (Wildman–Crippen MR) is 216 cm³/mol. The number of nitriles is 1. The van der Waals surface area contributed by atoms with Gasteiger partial charge in [0.15, 0.2) is 5.69 Å². The molecule has 0 N–H and O–H groups in total. The van der Waals surface area contributed by atoms with Gasteiger partial charge >= 0.3 is 0 Å². The Morgan fingerprint density at radius 1 is 0.673 bits per heavy atom. The van der Waals surface area contributed by atoms with Gasteiger partial charge in [0.25, 0.3) is 0 Å². The van der Waals surface area contributed by atoms with Crippen LogP contribution in [0.2, 0.25) is 0 Å². The lowest BCUT2D eigenvalue weighted by Crippen LogP contribution is -2.31. The van der Waals surface area contributed by atoms with E-state index >= 15 is 0 Å². The lowest BCUT2D eigenvalue weighted by Gasteiger charge is -2.36. The van der Waals surface area contributed by atoms with Gasteiger partial charge in [-0.15, -0.1) is 0 Å². The van der Waals surface area contributed by atoms with Gasteiger partial charge in [-0.1, -0.05) is 105 Å². The molecule has 4 heteroatoms. The molecule has 0 saturated carbocycles. The highest BCUT2D eigenvalue weighted by Crippen LogP contribution is 2.58. The van der Waals surface area contributed by atoms with Crippen molar-refractivity contribution in [1.29, 1.82) is 5.26 Å². The van der Waals surface area contributed by atoms with E-state index < -0.39 is 0 Å². The highest BCUT2D eigenvalue weighted by atomic mass is 15.2. The topological polar surface area (TPSA) is 34.6 Å². The smallest absolute Gasteiger partial charge is 0.187 e. The number of hydrogen-bond donors (Lipinski definition) is 0. The Hall–Kier alpha value is -6.62. The maximum Gasteiger partial charge on any atom is 0.187 e. The molecule has 1 unspecified atom stereocenters. The van der Waals surface area contributed by atoms with E-state index in [2.05, 4.69) is 164 Å². The van der Waals surface area contributed by atoms with E-state index in [0.29, 0.717) is 11.3 Å². The van der Waals surface area contributed by atoms with Gasteiger partial charge in [-0.05, 0) is 106 Å². The maximum absolute atomic E-state index is 9.87. The van der Waals surface area contributed by atoms with Gasteiger partial charge in [0.1, 0.15) is 0 Å². The van der Waals surface area contributed by atoms with Crippen LogP contribution in [-0.4, -0.2) is 0 Å². The summed E-state index contributed by atoms with van der Waals surface area (Å²) in [6, 6.07) is 51.9. The minimum absolute atomic E-state index is 0.0196. The monoisotopic (exact) mass is 668 g/mol. The number of fused-ring (bicyclic) bond motifs is 1. The van der Waals surface area contributed by atoms with Gasteiger partial charge in [0, 0.05) is 38.9 Å². The van der Waals surface area contributed by atoms with Gasteiger partial charge in [-0.3, -0.25) is 0 Å². The number of anilines is 5. The molecule has 0 aromatic heterocycles. The predicted octanol–water partition coefficient (Wildman–Crippen LogP) is 13.3. The van der Waals surface area contributed by atoms with Crippen molar-refractivity contribution in [1.82, 2.24) is 0 Å². The minimum atomic E-state index is -0.265. The van der Waals surface area contributed by atoms with E-state index in [9.17, 15) is 5.26 Å². The molecule has 0 fully saturated rings. The first-order chi connectivity index (χ1) is 25.3. The Kier molecular flexibility index (Phi) is 7.08. The Labute approximate surface area is 304 Å². The highest BCUT2D eigenvalue weighted by molar-refractivity contribution is 6.28. The molecule has 0 aliphatic carbocycles. The first-order valence-corrected chi connectivity index (χ1v) is 17.7. The summed E-state index contributed by atoms with van der Waals surface area (Å²) in [5.74, 6) is 0. The number of rotatable bonds is 5. The number of hydrogen-bond acceptors (Lipinski definition) is 3. The van der Waals surface area contributed by atoms with Gasteiger partial charge in [-0.25, -0.2) is 4.85 Å². The summed E-state index contributed by atoms with van der Waals surface area (Å²) in [4.78, 5) is 8.62. The molecule has 0 spiro atoms. The average molecular weight is 669 g/mol. The van der Waals surface area contributed by atoms with E-state index in [4.69, 9.17) is 6.57 Å². The molecule has 4 nitrogen and oxygen atoms in total. The van der Waals surface area contributed by atoms with Crippen LogP contribution < -0.4 is 9.80 Å². The fraction of sp³-hybridized carbons (Fsp3) is 0.125. The van der Waals surface area contributed by atoms with Crippen molar-refractivity contribution in [2.75, 3.05) is 9.80 Å². The van der Waals surface area contributed by atoms with Crippen molar-refractivity contribution in [3.63, 3.8) is 0 Å². The summed E-state index contributed by atoms with van der Waals surface area (Å²) < 4.78 is 0. The van der Waals surface area contributed by atoms with Gasteiger partial charge in [0.2, 0.25) is 0 Å². The standard InChI is InChI=1S/C48H36N4/c1-30-24-31(2)26-38(25-30)51(37-13-9-10-32(27-37)29-49)42-21-16-33-15-20-40-43(22-17-34-14-19-39(42)45(33)46(34)40)52-44-23-18-36(50-5)28-41(44)48(3,4)47(52)35-11-7-6-8-12-35/h6-28,47H,1-4H3. The molecule has 9 rings (SSSR count). The highest BCUT2D eigenvalue weighted by Gasteiger charge is 2.46. The van der Waals surface area contributed by atoms with Crippen LogP contribution in [-0.2, 0) is 5.41 Å². The van der Waals surface area contributed by atoms with Gasteiger partial charge in [0.05, 0.1) is 29.9 Å². The third kappa shape index (κ3) is 4.73. The van der Waals surface area contributed by atoms with E-state index in [1.807, 2.05) is 24.3 Å². The van der Waals surface area contributed by atoms with Crippen molar-refractivity contribution >= 4 is 66.4 Å². The van der Waals surface area contributed by atoms with Crippen LogP contribution in [0.5, 0.6) is 0 Å². The third-order valence-electron chi connectivity index (χ3n) is 10.9. The summed E-state index contributed by atoms with van der Waals surface area (Å²) in [5.41, 5.74) is 11.2. The van der Waals surface area contributed by atoms with Gasteiger partial charge < -0.3 is 9.80 Å². The Bertz CT molecular complexity index is 2760. The molecular formula is C48H36N4. The van der Waals surface area contributed by atoms with E-state index in [1.54, 1.807) is 0 Å². The first-order valence-electron chi connectivity index (χ1n) is 17.7. The largest absolute Gasteiger partial charge is 0.332 e. The van der Waals surface area contributed by atoms with Crippen molar-refractivity contribution < 1.29 is 0 Å². The summed E-state index contributed by atoms with van der Waals surface area (Å²) in [6.45, 7) is 16.7. The molecular weight excluding hydrogens is 633 g/mol. The summed E-state index contributed by atoms with van der Waals surface area (Å²) >= 11 is 0. The number of aryl methyl sites for hydroxylation is 2. The minimum Gasteiger partial charge on any atom is -0.332 e. The molecule has 1 atom stereocenters. The quantitative estimate of drug-likeness (QED) is 0.135. The second-order valence-electron chi connectivity index (χ2n) is 14.7. The van der Waals surface area contributed by atoms with Crippen LogP contribution >= 0.6 is 0 Å². The molecule has 1 aliphatic heterocycles. The Balaban J connectivity index is 1.32. The fourth-order valence-electron chi connectivity index (χ4n) is 8.80. The molecule has 1 aliphatic rings. The average Bonchev–Trinajstić information content (AvgIpc) is 3.39. The molecule has 0 amide bonds. The van der Waals surface area contributed by atoms with Crippen LogP contribution in [0.15, 0.2) is 140 Å². The Morgan fingerprint density at radius 3 is 2.08 bits per heavy atom. The second kappa shape index (κ2) is 11.7. The summed E-state index contributed by atoms with van der Waals surface area (Å²) in [7, 11) is 0. The molecule has 52 heavy (non-hydrogen) atoms. The van der Waals surface area contributed by atoms with Crippen LogP contribution in [0, 0.1) is 31.8 Å². The van der Waals surface area contributed by atoms with Crippen LogP contribution in [0.25, 0.3) is 37.2 Å². The molecule has 0 radical (unpaired) electrons. The van der Waals surface area contributed by atoms with Crippen LogP contribution in [0.4, 0.5) is 34.1 Å². The van der Waals surface area contributed by atoms with Crippen LogP contribution in [0.3, 0.4) is 0 Å². The van der Waals surface area contributed by atoms with E-state index in [-0.39, 0.29) is 11.5 Å². The number of benzene rings is 8. The summed E-state index contributed by atoms with van der Waals surface area (Å²) in [6.07, 6.45) is 0. The van der Waals surface area contributed by atoms with Gasteiger partial charge in [-0.2, -0.15) is 5.26 Å². The molecule has 8 aromatic rings. The fourth-order valence-corrected chi connectivity index (χ4v) is 8.80. The lowest BCUT2D eigenvalue weighted by atomic mass is 9.77. The van der Waals surface area contributed by atoms with Crippen molar-refractivity contribution in [3.8, 4) is 6.07 Å². The molecule has 1 heterocycles. The molecule has 0 saturated heterocycles. The van der Waals surface area contributed by atoms with E-state index in [0.717, 1.165) is 33.8 Å². The van der Waals surface area contributed by atoms with Crippen molar-refractivity contribution in [2.24, 2.45) is 0 Å². The normalized spacial score (nSPS) is 14.8. The maximum atomic E-state index is 9.87. The first kappa shape index (κ1) is 31.4. The zero-order valence-electron chi connectivity index (χ0n) is 29.6. The SMILES string of the molecule is [C-]#[N+]c1ccc2c(c1)C(C)(C)C(c1ccccc1)N2c1ccc2ccc3c(N(c4cc(C)cc(C)c4)c4cccc(C#N)c4)ccc4ccc1c2c43. The zero-order chi connectivity index (χ0) is 35.7. The zero-order valence-corrected chi connectivity index (χ0v) is 29.6. The number of nitrogens with zero attached hydrogens (tertiary/aromatic N) is 4. The second-order valence-corrected chi connectivity index (χ2v) is 14.7. The Morgan fingerprint density at radius 2 is 1.35 bits per heavy atom. The summed E-state index contributed by atoms with van der Waals surface area (Å²) in [5, 5.41) is 17.0.